The highest BCUT2D eigenvalue weighted by Crippen LogP contribution is 2.28. The number of benzene rings is 3. The standard InChI is InChI=1S/C22H19N3S/c1-16-8-7-12-19(14-16)23-22-25-21(17-9-3-2-4-10-17)24-20-13-6-5-11-18(20)15-26-22/h2-14H,15H2,1H3,(H,23,24,25). The summed E-state index contributed by atoms with van der Waals surface area (Å²) in [5, 5.41) is 4.31. The van der Waals surface area contributed by atoms with Crippen LogP contribution in [-0.2, 0) is 5.75 Å². The van der Waals surface area contributed by atoms with Crippen LogP contribution in [0, 0.1) is 6.92 Å². The molecule has 0 radical (unpaired) electrons. The number of nitrogens with zero attached hydrogens (tertiary/aromatic N) is 2. The Hall–Kier alpha value is -2.85. The van der Waals surface area contributed by atoms with Crippen molar-refractivity contribution in [1.29, 1.82) is 0 Å². The monoisotopic (exact) mass is 357 g/mol. The van der Waals surface area contributed by atoms with E-state index in [0.29, 0.717) is 0 Å². The van der Waals surface area contributed by atoms with E-state index >= 15 is 0 Å². The highest BCUT2D eigenvalue weighted by atomic mass is 32.2. The number of rotatable bonds is 2. The van der Waals surface area contributed by atoms with E-state index in [1.165, 1.54) is 11.1 Å². The number of thioether (sulfide) groups is 1. The molecule has 3 aromatic rings. The highest BCUT2D eigenvalue weighted by Gasteiger charge is 2.13. The van der Waals surface area contributed by atoms with E-state index in [4.69, 9.17) is 9.98 Å². The maximum absolute atomic E-state index is 4.85. The lowest BCUT2D eigenvalue weighted by molar-refractivity contribution is 1.34. The Morgan fingerprint density at radius 2 is 1.65 bits per heavy atom. The Morgan fingerprint density at radius 3 is 2.50 bits per heavy atom. The summed E-state index contributed by atoms with van der Waals surface area (Å²) in [6.45, 7) is 2.09. The van der Waals surface area contributed by atoms with Crippen LogP contribution in [0.5, 0.6) is 0 Å². The second kappa shape index (κ2) is 7.58. The van der Waals surface area contributed by atoms with Crippen LogP contribution < -0.4 is 5.32 Å². The molecule has 4 heteroatoms. The van der Waals surface area contributed by atoms with Gasteiger partial charge in [0.1, 0.15) is 0 Å². The summed E-state index contributed by atoms with van der Waals surface area (Å²) < 4.78 is 0. The van der Waals surface area contributed by atoms with Gasteiger partial charge in [-0.05, 0) is 36.2 Å². The van der Waals surface area contributed by atoms with Crippen LogP contribution in [0.2, 0.25) is 0 Å². The van der Waals surface area contributed by atoms with Crippen molar-refractivity contribution in [1.82, 2.24) is 0 Å². The lowest BCUT2D eigenvalue weighted by Gasteiger charge is -2.15. The Bertz CT molecular complexity index is 977. The Balaban J connectivity index is 1.76. The van der Waals surface area contributed by atoms with Crippen molar-refractivity contribution >= 4 is 34.1 Å². The first-order chi connectivity index (χ1) is 12.8. The predicted molar refractivity (Wildman–Crippen MR) is 113 cm³/mol. The van der Waals surface area contributed by atoms with Crippen molar-refractivity contribution in [3.8, 4) is 0 Å². The van der Waals surface area contributed by atoms with Gasteiger partial charge in [-0.1, -0.05) is 72.4 Å². The summed E-state index contributed by atoms with van der Waals surface area (Å²) in [6.07, 6.45) is 0. The fraction of sp³-hybridized carbons (Fsp3) is 0.0909. The number of aliphatic imine (C=N–C) groups is 2. The molecule has 0 aliphatic carbocycles. The summed E-state index contributed by atoms with van der Waals surface area (Å²) in [7, 11) is 0. The second-order valence-electron chi connectivity index (χ2n) is 6.13. The SMILES string of the molecule is Cc1cccc(NC2=NC(c3ccccc3)=Nc3ccccc3CS2)c1. The topological polar surface area (TPSA) is 36.8 Å². The van der Waals surface area contributed by atoms with Crippen LogP contribution in [0.3, 0.4) is 0 Å². The van der Waals surface area contributed by atoms with E-state index in [1.807, 2.05) is 48.5 Å². The van der Waals surface area contributed by atoms with E-state index in [1.54, 1.807) is 11.8 Å². The molecule has 3 nitrogen and oxygen atoms in total. The quantitative estimate of drug-likeness (QED) is 0.630. The average molecular weight is 357 g/mol. The fourth-order valence-electron chi connectivity index (χ4n) is 2.78. The van der Waals surface area contributed by atoms with Gasteiger partial charge in [0.05, 0.1) is 5.69 Å². The molecule has 0 fully saturated rings. The van der Waals surface area contributed by atoms with Crippen molar-refractivity contribution in [2.75, 3.05) is 5.32 Å². The van der Waals surface area contributed by atoms with E-state index in [2.05, 4.69) is 42.6 Å². The second-order valence-corrected chi connectivity index (χ2v) is 7.09. The van der Waals surface area contributed by atoms with Crippen LogP contribution in [0.4, 0.5) is 11.4 Å². The van der Waals surface area contributed by atoms with Crippen LogP contribution >= 0.6 is 11.8 Å². The zero-order valence-electron chi connectivity index (χ0n) is 14.5. The molecule has 0 saturated carbocycles. The maximum Gasteiger partial charge on any atom is 0.168 e. The minimum absolute atomic E-state index is 0.723. The zero-order chi connectivity index (χ0) is 17.8. The number of amidine groups is 2. The third-order valence-electron chi connectivity index (χ3n) is 4.09. The Morgan fingerprint density at radius 1 is 0.846 bits per heavy atom. The van der Waals surface area contributed by atoms with E-state index in [-0.39, 0.29) is 0 Å². The average Bonchev–Trinajstić information content (AvgIpc) is 2.65. The molecule has 4 rings (SSSR count). The molecule has 0 unspecified atom stereocenters. The van der Waals surface area contributed by atoms with Crippen LogP contribution in [0.25, 0.3) is 0 Å². The van der Waals surface area contributed by atoms with Crippen molar-refractivity contribution in [2.45, 2.75) is 12.7 Å². The summed E-state index contributed by atoms with van der Waals surface area (Å²) in [5.74, 6) is 1.56. The first kappa shape index (κ1) is 16.6. The molecule has 0 bridgehead atoms. The van der Waals surface area contributed by atoms with Gasteiger partial charge in [0.15, 0.2) is 11.0 Å². The number of fused-ring (bicyclic) bond motifs is 1. The van der Waals surface area contributed by atoms with Gasteiger partial charge in [0.25, 0.3) is 0 Å². The summed E-state index contributed by atoms with van der Waals surface area (Å²) in [4.78, 5) is 9.70. The first-order valence-corrected chi connectivity index (χ1v) is 9.54. The number of hydrogen-bond acceptors (Lipinski definition) is 4. The molecule has 1 aliphatic heterocycles. The molecule has 1 aliphatic rings. The fourth-order valence-corrected chi connectivity index (χ4v) is 3.66. The number of anilines is 1. The molecule has 1 heterocycles. The van der Waals surface area contributed by atoms with Gasteiger partial charge < -0.3 is 5.32 Å². The molecule has 0 atom stereocenters. The lowest BCUT2D eigenvalue weighted by atomic mass is 10.2. The van der Waals surface area contributed by atoms with E-state index in [0.717, 1.165) is 33.7 Å². The number of hydrogen-bond donors (Lipinski definition) is 1. The molecule has 0 spiro atoms. The summed E-state index contributed by atoms with van der Waals surface area (Å²) in [5.41, 5.74) is 5.46. The normalized spacial score (nSPS) is 13.7. The third kappa shape index (κ3) is 3.86. The largest absolute Gasteiger partial charge is 0.335 e. The van der Waals surface area contributed by atoms with E-state index < -0.39 is 0 Å². The molecule has 0 saturated heterocycles. The Labute approximate surface area is 157 Å². The Kier molecular flexibility index (Phi) is 4.84. The van der Waals surface area contributed by atoms with Crippen LogP contribution in [0.15, 0.2) is 88.8 Å². The molecule has 0 aromatic heterocycles. The minimum Gasteiger partial charge on any atom is -0.335 e. The molecular formula is C22H19N3S. The molecule has 1 N–H and O–H groups in total. The van der Waals surface area contributed by atoms with Gasteiger partial charge in [-0.2, -0.15) is 0 Å². The van der Waals surface area contributed by atoms with Crippen molar-refractivity contribution < 1.29 is 0 Å². The highest BCUT2D eigenvalue weighted by molar-refractivity contribution is 8.13. The van der Waals surface area contributed by atoms with Crippen molar-refractivity contribution in [3.05, 3.63) is 95.6 Å². The molecule has 26 heavy (non-hydrogen) atoms. The third-order valence-corrected chi connectivity index (χ3v) is 5.01. The maximum atomic E-state index is 4.85. The molecule has 128 valence electrons. The van der Waals surface area contributed by atoms with Gasteiger partial charge >= 0.3 is 0 Å². The zero-order valence-corrected chi connectivity index (χ0v) is 15.3. The summed E-state index contributed by atoms with van der Waals surface area (Å²) in [6, 6.07) is 26.7. The molecule has 3 aromatic carbocycles. The number of nitrogens with one attached hydrogen (secondary N) is 1. The predicted octanol–water partition coefficient (Wildman–Crippen LogP) is 5.79. The van der Waals surface area contributed by atoms with Crippen LogP contribution in [-0.4, -0.2) is 11.0 Å². The first-order valence-electron chi connectivity index (χ1n) is 8.55. The molecular weight excluding hydrogens is 338 g/mol. The van der Waals surface area contributed by atoms with Gasteiger partial charge in [-0.15, -0.1) is 0 Å². The van der Waals surface area contributed by atoms with Crippen LogP contribution in [0.1, 0.15) is 16.7 Å². The minimum atomic E-state index is 0.723. The number of aryl methyl sites for hydroxylation is 1. The van der Waals surface area contributed by atoms with Gasteiger partial charge in [0.2, 0.25) is 0 Å². The van der Waals surface area contributed by atoms with Gasteiger partial charge in [-0.3, -0.25) is 0 Å². The lowest BCUT2D eigenvalue weighted by Crippen LogP contribution is -2.13. The van der Waals surface area contributed by atoms with Gasteiger partial charge in [0, 0.05) is 17.0 Å². The summed E-state index contributed by atoms with van der Waals surface area (Å²) >= 11 is 1.70. The van der Waals surface area contributed by atoms with Gasteiger partial charge in [-0.25, -0.2) is 9.98 Å². The number of para-hydroxylation sites is 1. The van der Waals surface area contributed by atoms with E-state index in [9.17, 15) is 0 Å². The van der Waals surface area contributed by atoms with Crippen molar-refractivity contribution in [3.63, 3.8) is 0 Å². The smallest absolute Gasteiger partial charge is 0.168 e. The van der Waals surface area contributed by atoms with Crippen molar-refractivity contribution in [2.24, 2.45) is 9.98 Å². The molecule has 0 amide bonds.